The molecule has 1 aliphatic rings. The molecule has 0 bridgehead atoms. The van der Waals surface area contributed by atoms with Crippen LogP contribution in [0.25, 0.3) is 0 Å². The van der Waals surface area contributed by atoms with Crippen LogP contribution < -0.4 is 0 Å². The van der Waals surface area contributed by atoms with Crippen LogP contribution in [0.5, 0.6) is 0 Å². The lowest BCUT2D eigenvalue weighted by Crippen LogP contribution is -2.49. The number of aliphatic hydroxyl groups excluding tert-OH is 3. The lowest BCUT2D eigenvalue weighted by atomic mass is 10.1. The summed E-state index contributed by atoms with van der Waals surface area (Å²) in [5.41, 5.74) is 0. The number of carbonyl (C=O) groups is 1. The molecule has 21 heavy (non-hydrogen) atoms. The average Bonchev–Trinajstić information content (AvgIpc) is 2.46. The fourth-order valence-electron chi connectivity index (χ4n) is 2.65. The van der Waals surface area contributed by atoms with E-state index in [4.69, 9.17) is 20.1 Å². The predicted molar refractivity (Wildman–Crippen MR) is 77.9 cm³/mol. The molecule has 1 unspecified atom stereocenters. The minimum absolute atomic E-state index is 0.0462. The van der Waals surface area contributed by atoms with Gasteiger partial charge >= 0.3 is 5.97 Å². The Bertz CT molecular complexity index is 283. The molecule has 0 aromatic heterocycles. The van der Waals surface area contributed by atoms with E-state index < -0.39 is 0 Å². The van der Waals surface area contributed by atoms with Gasteiger partial charge in [0.2, 0.25) is 0 Å². The van der Waals surface area contributed by atoms with E-state index in [1.165, 1.54) is 0 Å². The molecule has 7 nitrogen and oxygen atoms in total. The molecule has 1 aliphatic heterocycles. The van der Waals surface area contributed by atoms with E-state index in [1.54, 1.807) is 0 Å². The number of cyclic esters (lactones) is 1. The van der Waals surface area contributed by atoms with Crippen LogP contribution in [0.4, 0.5) is 0 Å². The summed E-state index contributed by atoms with van der Waals surface area (Å²) >= 11 is 0. The second-order valence-corrected chi connectivity index (χ2v) is 5.23. The molecule has 1 rings (SSSR count). The Kier molecular flexibility index (Phi) is 9.53. The van der Waals surface area contributed by atoms with Crippen LogP contribution in [0.15, 0.2) is 0 Å². The van der Waals surface area contributed by atoms with E-state index >= 15 is 0 Å². The van der Waals surface area contributed by atoms with Gasteiger partial charge in [-0.25, -0.2) is 0 Å². The van der Waals surface area contributed by atoms with Crippen molar-refractivity contribution in [3.05, 3.63) is 0 Å². The SMILES string of the molecule is O=C1OCCN(CCO)C1CCCCN(CCO)CCO. The average molecular weight is 304 g/mol. The Morgan fingerprint density at radius 3 is 2.43 bits per heavy atom. The van der Waals surface area contributed by atoms with Crippen molar-refractivity contribution < 1.29 is 24.9 Å². The summed E-state index contributed by atoms with van der Waals surface area (Å²) in [5.74, 6) is -0.197. The Hall–Kier alpha value is -0.730. The first-order valence-corrected chi connectivity index (χ1v) is 7.68. The minimum atomic E-state index is -0.255. The van der Waals surface area contributed by atoms with Crippen molar-refractivity contribution in [1.82, 2.24) is 9.80 Å². The first-order valence-electron chi connectivity index (χ1n) is 7.68. The van der Waals surface area contributed by atoms with Crippen molar-refractivity contribution >= 4 is 5.97 Å². The summed E-state index contributed by atoms with van der Waals surface area (Å²) in [6.45, 7) is 3.70. The molecule has 1 fully saturated rings. The van der Waals surface area contributed by atoms with Crippen LogP contribution in [-0.2, 0) is 9.53 Å². The molecular formula is C14H28N2O5. The van der Waals surface area contributed by atoms with E-state index in [-0.39, 0.29) is 31.8 Å². The van der Waals surface area contributed by atoms with Crippen molar-refractivity contribution in [1.29, 1.82) is 0 Å². The van der Waals surface area contributed by atoms with E-state index in [1.807, 2.05) is 9.80 Å². The number of nitrogens with zero attached hydrogens (tertiary/aromatic N) is 2. The summed E-state index contributed by atoms with van der Waals surface area (Å²) < 4.78 is 5.08. The zero-order valence-corrected chi connectivity index (χ0v) is 12.6. The highest BCUT2D eigenvalue weighted by Crippen LogP contribution is 2.14. The summed E-state index contributed by atoms with van der Waals surface area (Å²) in [5, 5.41) is 26.9. The zero-order chi connectivity index (χ0) is 15.5. The standard InChI is InChI=1S/C14H28N2O5/c17-9-5-15(6-10-18)4-2-1-3-13-14(20)21-12-8-16(13)7-11-19/h13,17-19H,1-12H2. The third kappa shape index (κ3) is 6.71. The lowest BCUT2D eigenvalue weighted by molar-refractivity contribution is -0.158. The number of rotatable bonds is 11. The molecule has 0 radical (unpaired) electrons. The second-order valence-electron chi connectivity index (χ2n) is 5.23. The van der Waals surface area contributed by atoms with Gasteiger partial charge in [-0.15, -0.1) is 0 Å². The Morgan fingerprint density at radius 1 is 1.10 bits per heavy atom. The molecule has 124 valence electrons. The first-order chi connectivity index (χ1) is 10.2. The van der Waals surface area contributed by atoms with Gasteiger partial charge in [0.15, 0.2) is 0 Å². The Balaban J connectivity index is 2.29. The molecule has 7 heteroatoms. The van der Waals surface area contributed by atoms with Crippen molar-refractivity contribution in [3.63, 3.8) is 0 Å². The van der Waals surface area contributed by atoms with Gasteiger partial charge in [-0.3, -0.25) is 14.6 Å². The highest BCUT2D eigenvalue weighted by atomic mass is 16.5. The van der Waals surface area contributed by atoms with Crippen molar-refractivity contribution in [2.45, 2.75) is 25.3 Å². The second kappa shape index (κ2) is 10.9. The van der Waals surface area contributed by atoms with Gasteiger partial charge in [-0.05, 0) is 19.4 Å². The number of ether oxygens (including phenoxy) is 1. The predicted octanol–water partition coefficient (Wildman–Crippen LogP) is -1.34. The summed E-state index contributed by atoms with van der Waals surface area (Å²) in [7, 11) is 0. The normalized spacial score (nSPS) is 20.0. The van der Waals surface area contributed by atoms with Crippen molar-refractivity contribution in [2.75, 3.05) is 59.2 Å². The van der Waals surface area contributed by atoms with Crippen molar-refractivity contribution in [3.8, 4) is 0 Å². The molecule has 1 saturated heterocycles. The van der Waals surface area contributed by atoms with Crippen LogP contribution in [-0.4, -0.2) is 96.3 Å². The maximum atomic E-state index is 11.8. The van der Waals surface area contributed by atoms with E-state index in [9.17, 15) is 4.79 Å². The largest absolute Gasteiger partial charge is 0.463 e. The van der Waals surface area contributed by atoms with E-state index in [0.29, 0.717) is 39.2 Å². The van der Waals surface area contributed by atoms with Crippen LogP contribution >= 0.6 is 0 Å². The maximum Gasteiger partial charge on any atom is 0.323 e. The lowest BCUT2D eigenvalue weighted by Gasteiger charge is -2.33. The molecule has 0 aromatic rings. The molecule has 1 atom stereocenters. The van der Waals surface area contributed by atoms with Crippen LogP contribution in [0.1, 0.15) is 19.3 Å². The maximum absolute atomic E-state index is 11.8. The fraction of sp³-hybridized carbons (Fsp3) is 0.929. The van der Waals surface area contributed by atoms with E-state index in [2.05, 4.69) is 0 Å². The van der Waals surface area contributed by atoms with Gasteiger partial charge in [-0.1, -0.05) is 6.42 Å². The highest BCUT2D eigenvalue weighted by molar-refractivity contribution is 5.76. The molecular weight excluding hydrogens is 276 g/mol. The number of β-amino-alcohol motifs (C(OH)–C–C–N with tert-alkyl or cyclic N) is 1. The highest BCUT2D eigenvalue weighted by Gasteiger charge is 2.30. The molecule has 0 aliphatic carbocycles. The van der Waals surface area contributed by atoms with Crippen LogP contribution in [0, 0.1) is 0 Å². The summed E-state index contributed by atoms with van der Waals surface area (Å²) in [4.78, 5) is 15.8. The van der Waals surface area contributed by atoms with Crippen LogP contribution in [0.2, 0.25) is 0 Å². The molecule has 3 N–H and O–H groups in total. The third-order valence-electron chi connectivity index (χ3n) is 3.76. The zero-order valence-electron chi connectivity index (χ0n) is 12.6. The number of aliphatic hydroxyl groups is 3. The molecule has 0 amide bonds. The number of carbonyl (C=O) groups excluding carboxylic acids is 1. The smallest absolute Gasteiger partial charge is 0.323 e. The first kappa shape index (κ1) is 18.3. The Morgan fingerprint density at radius 2 is 1.81 bits per heavy atom. The number of hydrogen-bond acceptors (Lipinski definition) is 7. The molecule has 0 spiro atoms. The third-order valence-corrected chi connectivity index (χ3v) is 3.76. The fourth-order valence-corrected chi connectivity index (χ4v) is 2.65. The van der Waals surface area contributed by atoms with Crippen molar-refractivity contribution in [2.24, 2.45) is 0 Å². The van der Waals surface area contributed by atoms with Gasteiger partial charge < -0.3 is 20.1 Å². The van der Waals surface area contributed by atoms with Gasteiger partial charge in [0.05, 0.1) is 19.8 Å². The summed E-state index contributed by atoms with van der Waals surface area (Å²) in [6.07, 6.45) is 2.48. The minimum Gasteiger partial charge on any atom is -0.463 e. The van der Waals surface area contributed by atoms with Gasteiger partial charge in [0, 0.05) is 26.2 Å². The monoisotopic (exact) mass is 304 g/mol. The molecule has 0 saturated carbocycles. The number of hydrogen-bond donors (Lipinski definition) is 3. The van der Waals surface area contributed by atoms with Crippen LogP contribution in [0.3, 0.4) is 0 Å². The quantitative estimate of drug-likeness (QED) is 0.321. The number of esters is 1. The Labute approximate surface area is 126 Å². The van der Waals surface area contributed by atoms with Gasteiger partial charge in [-0.2, -0.15) is 0 Å². The summed E-state index contributed by atoms with van der Waals surface area (Å²) in [6, 6.07) is -0.255. The number of morpholine rings is 1. The van der Waals surface area contributed by atoms with Gasteiger partial charge in [0.1, 0.15) is 12.6 Å². The van der Waals surface area contributed by atoms with Gasteiger partial charge in [0.25, 0.3) is 0 Å². The van der Waals surface area contributed by atoms with E-state index in [0.717, 1.165) is 19.4 Å². The molecule has 1 heterocycles. The topological polar surface area (TPSA) is 93.5 Å². The molecule has 0 aromatic carbocycles. The number of unbranched alkanes of at least 4 members (excludes halogenated alkanes) is 1.